The number of carbonyl (C=O) groups is 2. The highest BCUT2D eigenvalue weighted by Gasteiger charge is 2.38. The lowest BCUT2D eigenvalue weighted by Gasteiger charge is -2.26. The van der Waals surface area contributed by atoms with Crippen molar-refractivity contribution < 1.29 is 33.0 Å². The molecule has 1 atom stereocenters. The van der Waals surface area contributed by atoms with Crippen molar-refractivity contribution in [1.29, 1.82) is 0 Å². The molecule has 1 unspecified atom stereocenters. The quantitative estimate of drug-likeness (QED) is 0.684. The lowest BCUT2D eigenvalue weighted by atomic mass is 10.0. The van der Waals surface area contributed by atoms with E-state index in [1.54, 1.807) is 0 Å². The molecule has 5 nitrogen and oxygen atoms in total. The number of hydrogen-bond acceptors (Lipinski definition) is 3. The standard InChI is InChI=1S/C6H11NO2.C2HF3O2/c8-6(9)2-1-5-3-4-7-5;3-2(4,5)1(6)7/h5,7H,1-4H2,(H,8,9);(H,6,7). The number of rotatable bonds is 3. The largest absolute Gasteiger partial charge is 0.490 e. The third-order valence-corrected chi connectivity index (χ3v) is 1.87. The summed E-state index contributed by atoms with van der Waals surface area (Å²) in [6.07, 6.45) is -2.85. The molecule has 0 amide bonds. The van der Waals surface area contributed by atoms with E-state index >= 15 is 0 Å². The summed E-state index contributed by atoms with van der Waals surface area (Å²) in [7, 11) is 0. The van der Waals surface area contributed by atoms with Gasteiger partial charge in [-0.3, -0.25) is 4.79 Å². The molecule has 0 saturated carbocycles. The fourth-order valence-corrected chi connectivity index (χ4v) is 0.893. The molecular formula is C8H12F3NO4. The average molecular weight is 243 g/mol. The highest BCUT2D eigenvalue weighted by atomic mass is 19.4. The molecule has 0 bridgehead atoms. The molecule has 1 fully saturated rings. The van der Waals surface area contributed by atoms with Crippen LogP contribution in [0.2, 0.25) is 0 Å². The van der Waals surface area contributed by atoms with Crippen LogP contribution >= 0.6 is 0 Å². The number of carboxylic acid groups (broad SMARTS) is 2. The Labute approximate surface area is 89.3 Å². The zero-order valence-electron chi connectivity index (χ0n) is 8.25. The van der Waals surface area contributed by atoms with Crippen molar-refractivity contribution in [1.82, 2.24) is 5.32 Å². The van der Waals surface area contributed by atoms with Gasteiger partial charge in [-0.2, -0.15) is 13.2 Å². The van der Waals surface area contributed by atoms with Crippen LogP contribution in [0.15, 0.2) is 0 Å². The van der Waals surface area contributed by atoms with Gasteiger partial charge in [-0.1, -0.05) is 0 Å². The molecule has 16 heavy (non-hydrogen) atoms. The molecule has 94 valence electrons. The lowest BCUT2D eigenvalue weighted by Crippen LogP contribution is -2.42. The number of carboxylic acids is 2. The Bertz CT molecular complexity index is 250. The predicted molar refractivity (Wildman–Crippen MR) is 47.0 cm³/mol. The maximum absolute atomic E-state index is 10.6. The first-order valence-electron chi connectivity index (χ1n) is 4.48. The summed E-state index contributed by atoms with van der Waals surface area (Å²) in [5, 5.41) is 18.5. The van der Waals surface area contributed by atoms with Gasteiger partial charge < -0.3 is 15.5 Å². The molecule has 0 aliphatic carbocycles. The Balaban J connectivity index is 0.000000293. The van der Waals surface area contributed by atoms with Crippen LogP contribution in [0.4, 0.5) is 13.2 Å². The smallest absolute Gasteiger partial charge is 0.481 e. The molecule has 1 rings (SSSR count). The van der Waals surface area contributed by atoms with Gasteiger partial charge in [-0.05, 0) is 19.4 Å². The van der Waals surface area contributed by atoms with Crippen molar-refractivity contribution in [2.45, 2.75) is 31.5 Å². The summed E-state index contributed by atoms with van der Waals surface area (Å²) in [6.45, 7) is 1.06. The Morgan fingerprint density at radius 1 is 1.31 bits per heavy atom. The first-order chi connectivity index (χ1) is 7.23. The second kappa shape index (κ2) is 6.31. The predicted octanol–water partition coefficient (Wildman–Crippen LogP) is 0.846. The van der Waals surface area contributed by atoms with Crippen LogP contribution in [0.3, 0.4) is 0 Å². The summed E-state index contributed by atoms with van der Waals surface area (Å²) in [4.78, 5) is 18.9. The van der Waals surface area contributed by atoms with Gasteiger partial charge in [0.2, 0.25) is 0 Å². The Morgan fingerprint density at radius 2 is 1.75 bits per heavy atom. The normalized spacial score (nSPS) is 19.1. The van der Waals surface area contributed by atoms with Crippen LogP contribution in [-0.4, -0.2) is 40.9 Å². The first-order valence-corrected chi connectivity index (χ1v) is 4.48. The van der Waals surface area contributed by atoms with Crippen molar-refractivity contribution >= 4 is 11.9 Å². The number of alkyl halides is 3. The van der Waals surface area contributed by atoms with Crippen LogP contribution in [0.1, 0.15) is 19.3 Å². The molecule has 0 aromatic carbocycles. The van der Waals surface area contributed by atoms with Gasteiger partial charge in [0.25, 0.3) is 0 Å². The van der Waals surface area contributed by atoms with Gasteiger partial charge in [-0.15, -0.1) is 0 Å². The first kappa shape index (κ1) is 14.7. The summed E-state index contributed by atoms with van der Waals surface area (Å²) in [5.41, 5.74) is 0. The van der Waals surface area contributed by atoms with Crippen molar-refractivity contribution in [3.8, 4) is 0 Å². The molecular weight excluding hydrogens is 231 g/mol. The molecule has 8 heteroatoms. The highest BCUT2D eigenvalue weighted by Crippen LogP contribution is 2.13. The molecule has 0 aromatic rings. The summed E-state index contributed by atoms with van der Waals surface area (Å²) in [6, 6.07) is 0.487. The van der Waals surface area contributed by atoms with E-state index in [1.807, 2.05) is 0 Å². The van der Waals surface area contributed by atoms with E-state index in [0.717, 1.165) is 19.4 Å². The fraction of sp³-hybridized carbons (Fsp3) is 0.750. The molecule has 3 N–H and O–H groups in total. The molecule has 0 radical (unpaired) electrons. The topological polar surface area (TPSA) is 86.6 Å². The second-order valence-corrected chi connectivity index (χ2v) is 3.18. The van der Waals surface area contributed by atoms with Gasteiger partial charge >= 0.3 is 18.1 Å². The van der Waals surface area contributed by atoms with Crippen LogP contribution in [0, 0.1) is 0 Å². The molecule has 1 saturated heterocycles. The van der Waals surface area contributed by atoms with E-state index in [2.05, 4.69) is 5.32 Å². The SMILES string of the molecule is O=C(O)C(F)(F)F.O=C(O)CCC1CCN1. The van der Waals surface area contributed by atoms with Crippen LogP contribution in [0.5, 0.6) is 0 Å². The minimum atomic E-state index is -5.08. The minimum Gasteiger partial charge on any atom is -0.481 e. The van der Waals surface area contributed by atoms with Crippen molar-refractivity contribution in [2.75, 3.05) is 6.54 Å². The van der Waals surface area contributed by atoms with E-state index in [9.17, 15) is 18.0 Å². The van der Waals surface area contributed by atoms with E-state index in [-0.39, 0.29) is 0 Å². The van der Waals surface area contributed by atoms with E-state index < -0.39 is 18.1 Å². The molecule has 1 heterocycles. The highest BCUT2D eigenvalue weighted by molar-refractivity contribution is 5.73. The average Bonchev–Trinajstić information content (AvgIpc) is 1.99. The van der Waals surface area contributed by atoms with Crippen LogP contribution < -0.4 is 5.32 Å². The Morgan fingerprint density at radius 3 is 1.94 bits per heavy atom. The van der Waals surface area contributed by atoms with Gasteiger partial charge in [0.1, 0.15) is 0 Å². The maximum atomic E-state index is 10.6. The number of aliphatic carboxylic acids is 2. The van der Waals surface area contributed by atoms with Gasteiger partial charge in [0.15, 0.2) is 0 Å². The number of halogens is 3. The molecule has 1 aliphatic rings. The van der Waals surface area contributed by atoms with Crippen LogP contribution in [0.25, 0.3) is 0 Å². The monoisotopic (exact) mass is 243 g/mol. The van der Waals surface area contributed by atoms with Gasteiger partial charge in [0, 0.05) is 12.5 Å². The van der Waals surface area contributed by atoms with E-state index in [4.69, 9.17) is 15.0 Å². The zero-order valence-corrected chi connectivity index (χ0v) is 8.25. The third kappa shape index (κ3) is 7.04. The third-order valence-electron chi connectivity index (χ3n) is 1.87. The number of nitrogens with one attached hydrogen (secondary N) is 1. The lowest BCUT2D eigenvalue weighted by molar-refractivity contribution is -0.192. The Hall–Kier alpha value is -1.31. The summed E-state index contributed by atoms with van der Waals surface area (Å²) < 4.78 is 31.7. The van der Waals surface area contributed by atoms with E-state index in [0.29, 0.717) is 12.5 Å². The van der Waals surface area contributed by atoms with Crippen LogP contribution in [-0.2, 0) is 9.59 Å². The Kier molecular flexibility index (Phi) is 5.79. The minimum absolute atomic E-state index is 0.303. The molecule has 1 aliphatic heterocycles. The fourth-order valence-electron chi connectivity index (χ4n) is 0.893. The van der Waals surface area contributed by atoms with Crippen molar-refractivity contribution in [2.24, 2.45) is 0 Å². The molecule has 0 spiro atoms. The van der Waals surface area contributed by atoms with E-state index in [1.165, 1.54) is 0 Å². The van der Waals surface area contributed by atoms with Gasteiger partial charge in [-0.25, -0.2) is 4.79 Å². The zero-order chi connectivity index (χ0) is 12.8. The summed E-state index contributed by atoms with van der Waals surface area (Å²) in [5.74, 6) is -3.45. The second-order valence-electron chi connectivity index (χ2n) is 3.18. The van der Waals surface area contributed by atoms with Crippen molar-refractivity contribution in [3.05, 3.63) is 0 Å². The summed E-state index contributed by atoms with van der Waals surface area (Å²) >= 11 is 0. The molecule has 0 aromatic heterocycles. The number of hydrogen-bond donors (Lipinski definition) is 3. The van der Waals surface area contributed by atoms with Crippen molar-refractivity contribution in [3.63, 3.8) is 0 Å². The van der Waals surface area contributed by atoms with Gasteiger partial charge in [0.05, 0.1) is 0 Å². The maximum Gasteiger partial charge on any atom is 0.490 e.